The first-order chi connectivity index (χ1) is 13.3. The molecule has 2 rings (SSSR count). The Bertz CT molecular complexity index is 816. The summed E-state index contributed by atoms with van der Waals surface area (Å²) in [4.78, 5) is 23.3. The van der Waals surface area contributed by atoms with Gasteiger partial charge in [-0.1, -0.05) is 12.1 Å². The lowest BCUT2D eigenvalue weighted by atomic mass is 10.1. The van der Waals surface area contributed by atoms with E-state index in [4.69, 9.17) is 0 Å². The number of alkyl halides is 2. The average molecular weight is 399 g/mol. The van der Waals surface area contributed by atoms with Gasteiger partial charge in [0.2, 0.25) is 5.91 Å². The zero-order valence-corrected chi connectivity index (χ0v) is 14.5. The number of anilines is 1. The molecule has 3 amide bonds. The Labute approximate surface area is 157 Å². The van der Waals surface area contributed by atoms with Crippen LogP contribution in [0.4, 0.5) is 28.0 Å². The molecule has 28 heavy (non-hydrogen) atoms. The highest BCUT2D eigenvalue weighted by molar-refractivity contribution is 5.94. The molecule has 0 spiro atoms. The highest BCUT2D eigenvalue weighted by atomic mass is 19.3. The Kier molecular flexibility index (Phi) is 7.61. The minimum atomic E-state index is -2.89. The largest absolute Gasteiger partial charge is 0.435 e. The molecule has 0 fully saturated rings. The van der Waals surface area contributed by atoms with E-state index in [0.29, 0.717) is 6.42 Å². The molecule has 0 radical (unpaired) electrons. The molecule has 0 saturated carbocycles. The molecule has 10 heteroatoms. The van der Waals surface area contributed by atoms with Crippen molar-refractivity contribution in [1.29, 1.82) is 0 Å². The average Bonchev–Trinajstić information content (AvgIpc) is 2.64. The Morgan fingerprint density at radius 1 is 0.964 bits per heavy atom. The van der Waals surface area contributed by atoms with Crippen molar-refractivity contribution in [1.82, 2.24) is 10.6 Å². The smallest absolute Gasteiger partial charge is 0.387 e. The Hall–Kier alpha value is -3.30. The van der Waals surface area contributed by atoms with E-state index in [2.05, 4.69) is 20.7 Å². The second-order valence-corrected chi connectivity index (χ2v) is 5.56. The van der Waals surface area contributed by atoms with E-state index < -0.39 is 30.2 Å². The molecule has 0 unspecified atom stereocenters. The summed E-state index contributed by atoms with van der Waals surface area (Å²) < 4.78 is 54.2. The Balaban J connectivity index is 1.66. The summed E-state index contributed by atoms with van der Waals surface area (Å²) in [6, 6.07) is 8.25. The predicted octanol–water partition coefficient (Wildman–Crippen LogP) is 3.05. The van der Waals surface area contributed by atoms with Crippen molar-refractivity contribution in [3.8, 4) is 5.75 Å². The van der Waals surface area contributed by atoms with E-state index in [0.717, 1.165) is 17.7 Å². The number of ether oxygens (including phenoxy) is 1. The van der Waals surface area contributed by atoms with E-state index in [-0.39, 0.29) is 24.5 Å². The minimum absolute atomic E-state index is 0.0384. The van der Waals surface area contributed by atoms with Gasteiger partial charge in [-0.05, 0) is 36.2 Å². The van der Waals surface area contributed by atoms with E-state index in [1.165, 1.54) is 18.2 Å². The third-order valence-corrected chi connectivity index (χ3v) is 3.46. The summed E-state index contributed by atoms with van der Waals surface area (Å²) in [5, 5.41) is 7.15. The fourth-order valence-corrected chi connectivity index (χ4v) is 2.16. The SMILES string of the molecule is O=C(CNC(=O)NCCc1ccc(OC(F)F)cc1)Nc1ccc(F)c(F)c1. The quantitative estimate of drug-likeness (QED) is 0.597. The summed E-state index contributed by atoms with van der Waals surface area (Å²) in [5.74, 6) is -2.71. The molecule has 2 aromatic carbocycles. The first kappa shape index (κ1) is 21.0. The van der Waals surface area contributed by atoms with Crippen LogP contribution in [0, 0.1) is 11.6 Å². The van der Waals surface area contributed by atoms with Crippen LogP contribution < -0.4 is 20.7 Å². The Morgan fingerprint density at radius 3 is 2.32 bits per heavy atom. The number of benzene rings is 2. The molecule has 150 valence electrons. The molecule has 3 N–H and O–H groups in total. The van der Waals surface area contributed by atoms with Gasteiger partial charge in [-0.3, -0.25) is 4.79 Å². The second-order valence-electron chi connectivity index (χ2n) is 5.56. The molecule has 2 aromatic rings. The van der Waals surface area contributed by atoms with E-state index in [9.17, 15) is 27.2 Å². The molecule has 0 aliphatic carbocycles. The molecule has 0 heterocycles. The lowest BCUT2D eigenvalue weighted by Crippen LogP contribution is -2.40. The van der Waals surface area contributed by atoms with Gasteiger partial charge >= 0.3 is 12.6 Å². The van der Waals surface area contributed by atoms with Gasteiger partial charge in [0.25, 0.3) is 0 Å². The topological polar surface area (TPSA) is 79.5 Å². The fourth-order valence-electron chi connectivity index (χ4n) is 2.16. The molecular weight excluding hydrogens is 382 g/mol. The Morgan fingerprint density at radius 2 is 1.68 bits per heavy atom. The number of hydrogen-bond donors (Lipinski definition) is 3. The van der Waals surface area contributed by atoms with Gasteiger partial charge in [-0.2, -0.15) is 8.78 Å². The summed E-state index contributed by atoms with van der Waals surface area (Å²) in [6.45, 7) is -3.02. The van der Waals surface area contributed by atoms with Gasteiger partial charge < -0.3 is 20.7 Å². The van der Waals surface area contributed by atoms with Crippen LogP contribution in [0.5, 0.6) is 5.75 Å². The zero-order chi connectivity index (χ0) is 20.5. The molecule has 0 saturated heterocycles. The van der Waals surface area contributed by atoms with Crippen molar-refractivity contribution < 1.29 is 31.9 Å². The predicted molar refractivity (Wildman–Crippen MR) is 93.2 cm³/mol. The van der Waals surface area contributed by atoms with Gasteiger partial charge in [-0.25, -0.2) is 13.6 Å². The molecule has 0 atom stereocenters. The summed E-state index contributed by atoms with van der Waals surface area (Å²) in [7, 11) is 0. The molecule has 6 nitrogen and oxygen atoms in total. The van der Waals surface area contributed by atoms with Crippen LogP contribution in [0.3, 0.4) is 0 Å². The lowest BCUT2D eigenvalue weighted by Gasteiger charge is -2.09. The number of halogens is 4. The minimum Gasteiger partial charge on any atom is -0.435 e. The summed E-state index contributed by atoms with van der Waals surface area (Å²) in [6.07, 6.45) is 0.434. The summed E-state index contributed by atoms with van der Waals surface area (Å²) >= 11 is 0. The van der Waals surface area contributed by atoms with Crippen molar-refractivity contribution in [3.05, 3.63) is 59.7 Å². The van der Waals surface area contributed by atoms with Gasteiger partial charge in [0.15, 0.2) is 11.6 Å². The number of nitrogens with one attached hydrogen (secondary N) is 3. The molecule has 0 aromatic heterocycles. The molecular formula is C18H17F4N3O3. The van der Waals surface area contributed by atoms with Gasteiger partial charge in [0.1, 0.15) is 5.75 Å². The van der Waals surface area contributed by atoms with E-state index >= 15 is 0 Å². The van der Waals surface area contributed by atoms with Crippen LogP contribution in [0.15, 0.2) is 42.5 Å². The third kappa shape index (κ3) is 7.14. The van der Waals surface area contributed by atoms with Gasteiger partial charge in [0, 0.05) is 18.3 Å². The fraction of sp³-hybridized carbons (Fsp3) is 0.222. The number of carbonyl (C=O) groups excluding carboxylic acids is 2. The van der Waals surface area contributed by atoms with Crippen LogP contribution in [0.1, 0.15) is 5.56 Å². The third-order valence-electron chi connectivity index (χ3n) is 3.46. The van der Waals surface area contributed by atoms with E-state index in [1.807, 2.05) is 0 Å². The monoisotopic (exact) mass is 399 g/mol. The first-order valence-corrected chi connectivity index (χ1v) is 8.14. The highest BCUT2D eigenvalue weighted by Crippen LogP contribution is 2.15. The standard InChI is InChI=1S/C18H17F4N3O3/c19-14-6-3-12(9-15(14)20)25-16(26)10-24-18(27)23-8-7-11-1-4-13(5-2-11)28-17(21)22/h1-6,9,17H,7-8,10H2,(H,25,26)(H2,23,24,27). The second kappa shape index (κ2) is 10.1. The normalized spacial score (nSPS) is 10.5. The van der Waals surface area contributed by atoms with Crippen molar-refractivity contribution in [2.75, 3.05) is 18.4 Å². The molecule has 0 bridgehead atoms. The highest BCUT2D eigenvalue weighted by Gasteiger charge is 2.08. The molecule has 0 aliphatic rings. The summed E-state index contributed by atoms with van der Waals surface area (Å²) in [5.41, 5.74) is 0.850. The van der Waals surface area contributed by atoms with Crippen molar-refractivity contribution in [2.45, 2.75) is 13.0 Å². The van der Waals surface area contributed by atoms with Gasteiger partial charge in [-0.15, -0.1) is 0 Å². The number of carbonyl (C=O) groups is 2. The lowest BCUT2D eigenvalue weighted by molar-refractivity contribution is -0.115. The van der Waals surface area contributed by atoms with E-state index in [1.54, 1.807) is 12.1 Å². The van der Waals surface area contributed by atoms with Crippen LogP contribution in [-0.2, 0) is 11.2 Å². The number of hydrogen-bond acceptors (Lipinski definition) is 3. The van der Waals surface area contributed by atoms with Gasteiger partial charge in [0.05, 0.1) is 6.54 Å². The maximum absolute atomic E-state index is 13.1. The maximum atomic E-state index is 13.1. The van der Waals surface area contributed by atoms with Crippen molar-refractivity contribution in [3.63, 3.8) is 0 Å². The first-order valence-electron chi connectivity index (χ1n) is 8.14. The zero-order valence-electron chi connectivity index (χ0n) is 14.5. The number of urea groups is 1. The van der Waals surface area contributed by atoms with Crippen molar-refractivity contribution >= 4 is 17.6 Å². The number of amides is 3. The van der Waals surface area contributed by atoms with Crippen molar-refractivity contribution in [2.24, 2.45) is 0 Å². The maximum Gasteiger partial charge on any atom is 0.387 e. The van der Waals surface area contributed by atoms with Crippen LogP contribution in [0.25, 0.3) is 0 Å². The van der Waals surface area contributed by atoms with Crippen LogP contribution >= 0.6 is 0 Å². The van der Waals surface area contributed by atoms with Crippen LogP contribution in [0.2, 0.25) is 0 Å². The number of rotatable bonds is 8. The molecule has 0 aliphatic heterocycles. The van der Waals surface area contributed by atoms with Crippen LogP contribution in [-0.4, -0.2) is 31.6 Å².